The molecular weight excluding hydrogens is 388 g/mol. The summed E-state index contributed by atoms with van der Waals surface area (Å²) >= 11 is 0. The molecule has 0 radical (unpaired) electrons. The Bertz CT molecular complexity index is 1030. The molecule has 0 spiro atoms. The molecule has 1 aliphatic heterocycles. The molecule has 1 fully saturated rings. The molecule has 2 heterocycles. The highest BCUT2D eigenvalue weighted by atomic mass is 16.5. The number of carbonyl (C=O) groups excluding carboxylic acids is 1. The molecule has 3 aromatic rings. The molecule has 0 saturated carbocycles. The van der Waals surface area contributed by atoms with Gasteiger partial charge in [0.1, 0.15) is 17.9 Å². The van der Waals surface area contributed by atoms with E-state index in [1.165, 1.54) is 5.56 Å². The Morgan fingerprint density at radius 1 is 1.10 bits per heavy atom. The minimum Gasteiger partial charge on any atom is -0.497 e. The summed E-state index contributed by atoms with van der Waals surface area (Å²) in [6.07, 6.45) is 3.26. The van der Waals surface area contributed by atoms with Crippen molar-refractivity contribution in [1.82, 2.24) is 15.3 Å². The third-order valence-electron chi connectivity index (χ3n) is 5.78. The minimum absolute atomic E-state index is 0.0348. The van der Waals surface area contributed by atoms with Gasteiger partial charge in [-0.3, -0.25) is 4.79 Å². The largest absolute Gasteiger partial charge is 0.497 e. The second-order valence-electron chi connectivity index (χ2n) is 7.96. The highest BCUT2D eigenvalue weighted by molar-refractivity contribution is 5.79. The van der Waals surface area contributed by atoms with E-state index in [0.717, 1.165) is 54.3 Å². The van der Waals surface area contributed by atoms with Gasteiger partial charge in [0.2, 0.25) is 5.91 Å². The van der Waals surface area contributed by atoms with E-state index in [0.29, 0.717) is 6.54 Å². The molecule has 4 rings (SSSR count). The average Bonchev–Trinajstić information content (AvgIpc) is 2.83. The van der Waals surface area contributed by atoms with Crippen molar-refractivity contribution >= 4 is 11.7 Å². The number of hydrogen-bond acceptors (Lipinski definition) is 5. The number of amides is 1. The maximum Gasteiger partial charge on any atom is 0.223 e. The lowest BCUT2D eigenvalue weighted by Crippen LogP contribution is -2.40. The number of aryl methyl sites for hydroxylation is 1. The van der Waals surface area contributed by atoms with Gasteiger partial charge in [-0.25, -0.2) is 9.97 Å². The topological polar surface area (TPSA) is 67.3 Å². The fraction of sp³-hybridized carbons (Fsp3) is 0.320. The maximum absolute atomic E-state index is 12.6. The van der Waals surface area contributed by atoms with Crippen LogP contribution in [0, 0.1) is 12.8 Å². The van der Waals surface area contributed by atoms with Gasteiger partial charge in [0, 0.05) is 37.2 Å². The van der Waals surface area contributed by atoms with Gasteiger partial charge in [0.25, 0.3) is 0 Å². The normalized spacial score (nSPS) is 14.3. The van der Waals surface area contributed by atoms with Crippen molar-refractivity contribution in [3.8, 4) is 17.0 Å². The molecule has 1 aromatic heterocycles. The number of piperidine rings is 1. The van der Waals surface area contributed by atoms with Crippen molar-refractivity contribution in [2.75, 3.05) is 25.1 Å². The third-order valence-corrected chi connectivity index (χ3v) is 5.78. The molecule has 1 N–H and O–H groups in total. The molecule has 0 aliphatic carbocycles. The fourth-order valence-electron chi connectivity index (χ4n) is 3.93. The smallest absolute Gasteiger partial charge is 0.223 e. The highest BCUT2D eigenvalue weighted by Gasteiger charge is 2.25. The van der Waals surface area contributed by atoms with Gasteiger partial charge in [0.05, 0.1) is 12.8 Å². The van der Waals surface area contributed by atoms with Gasteiger partial charge in [0.15, 0.2) is 0 Å². The summed E-state index contributed by atoms with van der Waals surface area (Å²) in [4.78, 5) is 23.8. The summed E-state index contributed by atoms with van der Waals surface area (Å²) in [6.45, 7) is 4.24. The lowest BCUT2D eigenvalue weighted by Gasteiger charge is -2.32. The van der Waals surface area contributed by atoms with Crippen LogP contribution in [0.3, 0.4) is 0 Å². The van der Waals surface area contributed by atoms with Crippen LogP contribution in [0.15, 0.2) is 60.9 Å². The Balaban J connectivity index is 1.32. The maximum atomic E-state index is 12.6. The summed E-state index contributed by atoms with van der Waals surface area (Å²) in [6, 6.07) is 18.1. The first-order chi connectivity index (χ1) is 15.1. The predicted octanol–water partition coefficient (Wildman–Crippen LogP) is 3.99. The minimum atomic E-state index is 0.0348. The number of carbonyl (C=O) groups is 1. The summed E-state index contributed by atoms with van der Waals surface area (Å²) in [5.74, 6) is 1.90. The van der Waals surface area contributed by atoms with Crippen LogP contribution in [0.25, 0.3) is 11.3 Å². The van der Waals surface area contributed by atoms with Crippen molar-refractivity contribution in [3.05, 3.63) is 72.1 Å². The van der Waals surface area contributed by atoms with Crippen molar-refractivity contribution in [1.29, 1.82) is 0 Å². The van der Waals surface area contributed by atoms with Crippen LogP contribution in [-0.2, 0) is 11.3 Å². The molecule has 1 saturated heterocycles. The molecular formula is C25H28N4O2. The number of methoxy groups -OCH3 is 1. The van der Waals surface area contributed by atoms with Crippen molar-refractivity contribution in [3.63, 3.8) is 0 Å². The van der Waals surface area contributed by atoms with Crippen LogP contribution >= 0.6 is 0 Å². The fourth-order valence-corrected chi connectivity index (χ4v) is 3.93. The zero-order valence-corrected chi connectivity index (χ0v) is 18.0. The lowest BCUT2D eigenvalue weighted by atomic mass is 9.95. The van der Waals surface area contributed by atoms with Crippen LogP contribution in [0.5, 0.6) is 5.75 Å². The summed E-state index contributed by atoms with van der Waals surface area (Å²) in [5, 5.41) is 3.07. The lowest BCUT2D eigenvalue weighted by molar-refractivity contribution is -0.125. The van der Waals surface area contributed by atoms with E-state index in [-0.39, 0.29) is 11.8 Å². The molecule has 6 heteroatoms. The van der Waals surface area contributed by atoms with E-state index < -0.39 is 0 Å². The third kappa shape index (κ3) is 5.20. The first-order valence-corrected chi connectivity index (χ1v) is 10.7. The van der Waals surface area contributed by atoms with Gasteiger partial charge in [-0.05, 0) is 43.5 Å². The van der Waals surface area contributed by atoms with Gasteiger partial charge in [-0.2, -0.15) is 0 Å². The number of nitrogens with one attached hydrogen (secondary N) is 1. The number of anilines is 1. The van der Waals surface area contributed by atoms with Crippen LogP contribution in [-0.4, -0.2) is 36.1 Å². The molecule has 160 valence electrons. The van der Waals surface area contributed by atoms with Gasteiger partial charge >= 0.3 is 0 Å². The molecule has 1 amide bonds. The number of rotatable bonds is 6. The van der Waals surface area contributed by atoms with E-state index in [1.54, 1.807) is 13.4 Å². The zero-order valence-electron chi connectivity index (χ0n) is 18.0. The molecule has 2 aromatic carbocycles. The Kier molecular flexibility index (Phi) is 6.46. The van der Waals surface area contributed by atoms with Gasteiger partial charge < -0.3 is 15.0 Å². The first kappa shape index (κ1) is 20.8. The van der Waals surface area contributed by atoms with Gasteiger partial charge in [-0.1, -0.05) is 35.9 Å². The number of hydrogen-bond donors (Lipinski definition) is 1. The number of benzene rings is 2. The second-order valence-corrected chi connectivity index (χ2v) is 7.96. The molecule has 0 atom stereocenters. The van der Waals surface area contributed by atoms with Crippen LogP contribution in [0.1, 0.15) is 24.0 Å². The Labute approximate surface area is 183 Å². The van der Waals surface area contributed by atoms with E-state index in [2.05, 4.69) is 45.3 Å². The van der Waals surface area contributed by atoms with Crippen LogP contribution in [0.4, 0.5) is 5.82 Å². The van der Waals surface area contributed by atoms with Crippen molar-refractivity contribution in [2.24, 2.45) is 5.92 Å². The molecule has 0 bridgehead atoms. The monoisotopic (exact) mass is 416 g/mol. The van der Waals surface area contributed by atoms with Crippen molar-refractivity contribution in [2.45, 2.75) is 26.3 Å². The second kappa shape index (κ2) is 9.60. The summed E-state index contributed by atoms with van der Waals surface area (Å²) < 4.78 is 5.17. The van der Waals surface area contributed by atoms with Gasteiger partial charge in [-0.15, -0.1) is 0 Å². The quantitative estimate of drug-likeness (QED) is 0.658. The Morgan fingerprint density at radius 3 is 2.58 bits per heavy atom. The van der Waals surface area contributed by atoms with E-state index in [9.17, 15) is 4.79 Å². The van der Waals surface area contributed by atoms with Crippen molar-refractivity contribution < 1.29 is 9.53 Å². The standard InChI is InChI=1S/C25H28N4O2/c1-18-4-3-5-21(14-18)23-15-24(28-17-27-23)29-12-10-20(11-13-29)25(30)26-16-19-6-8-22(31-2)9-7-19/h3-9,14-15,17,20H,10-13,16H2,1-2H3,(H,26,30). The zero-order chi connectivity index (χ0) is 21.6. The molecule has 1 aliphatic rings. The van der Waals surface area contributed by atoms with E-state index >= 15 is 0 Å². The van der Waals surface area contributed by atoms with E-state index in [4.69, 9.17) is 4.74 Å². The SMILES string of the molecule is COc1ccc(CNC(=O)C2CCN(c3cc(-c4cccc(C)c4)ncn3)CC2)cc1. The average molecular weight is 417 g/mol. The molecule has 0 unspecified atom stereocenters. The van der Waals surface area contributed by atoms with E-state index in [1.807, 2.05) is 36.4 Å². The highest BCUT2D eigenvalue weighted by Crippen LogP contribution is 2.25. The Hall–Kier alpha value is -3.41. The molecule has 31 heavy (non-hydrogen) atoms. The molecule has 6 nitrogen and oxygen atoms in total. The number of ether oxygens (including phenoxy) is 1. The van der Waals surface area contributed by atoms with Crippen LogP contribution < -0.4 is 15.0 Å². The number of aromatic nitrogens is 2. The number of nitrogens with zero attached hydrogens (tertiary/aromatic N) is 3. The van der Waals surface area contributed by atoms with Crippen LogP contribution in [0.2, 0.25) is 0 Å². The first-order valence-electron chi connectivity index (χ1n) is 10.7. The summed E-state index contributed by atoms with van der Waals surface area (Å²) in [7, 11) is 1.65. The predicted molar refractivity (Wildman–Crippen MR) is 122 cm³/mol. The Morgan fingerprint density at radius 2 is 1.87 bits per heavy atom. The summed E-state index contributed by atoms with van der Waals surface area (Å²) in [5.41, 5.74) is 4.29.